The molecule has 0 saturated carbocycles. The summed E-state index contributed by atoms with van der Waals surface area (Å²) in [6.07, 6.45) is 0. The van der Waals surface area contributed by atoms with Gasteiger partial charge < -0.3 is 9.30 Å². The summed E-state index contributed by atoms with van der Waals surface area (Å²) in [5.74, 6) is -2.08. The zero-order valence-electron chi connectivity index (χ0n) is 13.0. The number of hydrogen-bond donors (Lipinski definition) is 0. The Balaban J connectivity index is 2.10. The van der Waals surface area contributed by atoms with Crippen molar-refractivity contribution in [2.45, 2.75) is 6.92 Å². The van der Waals surface area contributed by atoms with Gasteiger partial charge in [0.05, 0.1) is 16.8 Å². The molecule has 4 nitrogen and oxygen atoms in total. The third kappa shape index (κ3) is 2.94. The molecule has 7 heteroatoms. The first-order valence-electron chi connectivity index (χ1n) is 7.26. The van der Waals surface area contributed by atoms with Crippen LogP contribution in [0.3, 0.4) is 0 Å². The second-order valence-corrected chi connectivity index (χ2v) is 6.03. The molecular formula is C17H14F2N2O2S. The molecule has 3 rings (SSSR count). The Morgan fingerprint density at radius 3 is 2.62 bits per heavy atom. The van der Waals surface area contributed by atoms with E-state index in [2.05, 4.69) is 4.99 Å². The van der Waals surface area contributed by atoms with Gasteiger partial charge in [-0.05, 0) is 37.3 Å². The van der Waals surface area contributed by atoms with Crippen molar-refractivity contribution in [1.29, 1.82) is 0 Å². The number of halogens is 2. The molecule has 0 aliphatic carbocycles. The Labute approximate surface area is 140 Å². The molecule has 1 aromatic heterocycles. The number of aryl methyl sites for hydroxylation is 1. The molecule has 0 aliphatic heterocycles. The topological polar surface area (TPSA) is 43.6 Å². The van der Waals surface area contributed by atoms with Gasteiger partial charge in [0.2, 0.25) is 0 Å². The lowest BCUT2D eigenvalue weighted by Gasteiger charge is -2.02. The lowest BCUT2D eigenvalue weighted by molar-refractivity contribution is 0.0990. The summed E-state index contributed by atoms with van der Waals surface area (Å²) in [7, 11) is 1.74. The first-order chi connectivity index (χ1) is 11.5. The molecular weight excluding hydrogens is 334 g/mol. The van der Waals surface area contributed by atoms with Gasteiger partial charge in [-0.15, -0.1) is 0 Å². The third-order valence-electron chi connectivity index (χ3n) is 3.47. The molecule has 0 unspecified atom stereocenters. The van der Waals surface area contributed by atoms with Crippen LogP contribution >= 0.6 is 11.3 Å². The van der Waals surface area contributed by atoms with Crippen LogP contribution in [0.4, 0.5) is 8.78 Å². The molecule has 124 valence electrons. The maximum absolute atomic E-state index is 13.7. The van der Waals surface area contributed by atoms with Gasteiger partial charge in [-0.3, -0.25) is 4.79 Å². The number of ether oxygens (including phenoxy) is 1. The second-order valence-electron chi connectivity index (χ2n) is 5.02. The zero-order valence-corrected chi connectivity index (χ0v) is 13.9. The van der Waals surface area contributed by atoms with Crippen LogP contribution in [0.5, 0.6) is 5.75 Å². The molecule has 2 aromatic carbocycles. The summed E-state index contributed by atoms with van der Waals surface area (Å²) >= 11 is 1.25. The highest BCUT2D eigenvalue weighted by atomic mass is 32.1. The molecule has 0 radical (unpaired) electrons. The van der Waals surface area contributed by atoms with Gasteiger partial charge in [0.15, 0.2) is 4.80 Å². The number of aromatic nitrogens is 1. The monoisotopic (exact) mass is 348 g/mol. The summed E-state index contributed by atoms with van der Waals surface area (Å²) in [5, 5.41) is 0. The molecule has 1 heterocycles. The lowest BCUT2D eigenvalue weighted by atomic mass is 10.2. The van der Waals surface area contributed by atoms with Crippen molar-refractivity contribution in [3.63, 3.8) is 0 Å². The summed E-state index contributed by atoms with van der Waals surface area (Å²) in [5.41, 5.74) is 0.203. The molecule has 0 aliphatic rings. The minimum absolute atomic E-state index is 0.353. The summed E-state index contributed by atoms with van der Waals surface area (Å²) in [6, 6.07) is 8.79. The molecule has 24 heavy (non-hydrogen) atoms. The standard InChI is InChI=1S/C17H14F2N2O2S/c1-3-23-10-7-8-13-14(9-10)24-17(21(13)2)20-16(22)15-11(18)5-4-6-12(15)19/h4-9H,3H2,1-2H3. The first-order valence-corrected chi connectivity index (χ1v) is 8.08. The van der Waals surface area contributed by atoms with Crippen LogP contribution < -0.4 is 9.54 Å². The smallest absolute Gasteiger partial charge is 0.285 e. The van der Waals surface area contributed by atoms with Crippen LogP contribution in [0.1, 0.15) is 17.3 Å². The largest absolute Gasteiger partial charge is 0.494 e. The Morgan fingerprint density at radius 1 is 1.25 bits per heavy atom. The van der Waals surface area contributed by atoms with E-state index in [-0.39, 0.29) is 0 Å². The van der Waals surface area contributed by atoms with Gasteiger partial charge in [0, 0.05) is 7.05 Å². The van der Waals surface area contributed by atoms with Crippen LogP contribution in [-0.2, 0) is 7.05 Å². The Hall–Kier alpha value is -2.54. The van der Waals surface area contributed by atoms with Crippen LogP contribution in [-0.4, -0.2) is 17.1 Å². The van der Waals surface area contributed by atoms with Gasteiger partial charge in [-0.2, -0.15) is 4.99 Å². The van der Waals surface area contributed by atoms with E-state index in [1.54, 1.807) is 11.6 Å². The average molecular weight is 348 g/mol. The zero-order chi connectivity index (χ0) is 17.3. The number of rotatable bonds is 3. The van der Waals surface area contributed by atoms with Crippen molar-refractivity contribution in [3.8, 4) is 5.75 Å². The molecule has 3 aromatic rings. The highest BCUT2D eigenvalue weighted by molar-refractivity contribution is 7.16. The normalized spacial score (nSPS) is 11.9. The quantitative estimate of drug-likeness (QED) is 0.725. The molecule has 0 N–H and O–H groups in total. The maximum atomic E-state index is 13.7. The van der Waals surface area contributed by atoms with E-state index in [1.165, 1.54) is 17.4 Å². The molecule has 0 saturated heterocycles. The van der Waals surface area contributed by atoms with Crippen LogP contribution in [0.15, 0.2) is 41.4 Å². The predicted molar refractivity (Wildman–Crippen MR) is 88.2 cm³/mol. The van der Waals surface area contributed by atoms with Crippen molar-refractivity contribution in [3.05, 3.63) is 58.4 Å². The molecule has 0 atom stereocenters. The third-order valence-corrected chi connectivity index (χ3v) is 4.56. The lowest BCUT2D eigenvalue weighted by Crippen LogP contribution is -2.14. The number of amides is 1. The van der Waals surface area contributed by atoms with Crippen molar-refractivity contribution < 1.29 is 18.3 Å². The summed E-state index contributed by atoms with van der Waals surface area (Å²) < 4.78 is 35.4. The van der Waals surface area contributed by atoms with Gasteiger partial charge in [-0.1, -0.05) is 17.4 Å². The van der Waals surface area contributed by atoms with Crippen LogP contribution in [0.25, 0.3) is 10.2 Å². The summed E-state index contributed by atoms with van der Waals surface area (Å²) in [4.78, 5) is 16.4. The van der Waals surface area contributed by atoms with Crippen LogP contribution in [0, 0.1) is 11.6 Å². The molecule has 0 spiro atoms. The fraction of sp³-hybridized carbons (Fsp3) is 0.176. The van der Waals surface area contributed by atoms with Crippen molar-refractivity contribution in [1.82, 2.24) is 4.57 Å². The number of carbonyl (C=O) groups is 1. The SMILES string of the molecule is CCOc1ccc2c(c1)sc(=NC(=O)c1c(F)cccc1F)n2C. The van der Waals surface area contributed by atoms with E-state index in [1.807, 2.05) is 25.1 Å². The van der Waals surface area contributed by atoms with Gasteiger partial charge in [0.25, 0.3) is 5.91 Å². The number of carbonyl (C=O) groups excluding carboxylic acids is 1. The van der Waals surface area contributed by atoms with E-state index in [9.17, 15) is 13.6 Å². The number of benzene rings is 2. The Morgan fingerprint density at radius 2 is 1.96 bits per heavy atom. The number of nitrogens with zero attached hydrogens (tertiary/aromatic N) is 2. The Kier molecular flexibility index (Phi) is 4.44. The number of thiazole rings is 1. The van der Waals surface area contributed by atoms with Crippen LogP contribution in [0.2, 0.25) is 0 Å². The summed E-state index contributed by atoms with van der Waals surface area (Å²) in [6.45, 7) is 2.44. The van der Waals surface area contributed by atoms with Crippen molar-refractivity contribution in [2.24, 2.45) is 12.0 Å². The molecule has 1 amide bonds. The fourth-order valence-corrected chi connectivity index (χ4v) is 3.37. The number of fused-ring (bicyclic) bond motifs is 1. The van der Waals surface area contributed by atoms with Gasteiger partial charge in [0.1, 0.15) is 22.9 Å². The van der Waals surface area contributed by atoms with Gasteiger partial charge >= 0.3 is 0 Å². The predicted octanol–water partition coefficient (Wildman–Crippen LogP) is 3.66. The van der Waals surface area contributed by atoms with E-state index >= 15 is 0 Å². The van der Waals surface area contributed by atoms with E-state index in [0.29, 0.717) is 17.2 Å². The average Bonchev–Trinajstić information content (AvgIpc) is 2.83. The highest BCUT2D eigenvalue weighted by Crippen LogP contribution is 2.23. The maximum Gasteiger partial charge on any atom is 0.285 e. The molecule has 0 bridgehead atoms. The highest BCUT2D eigenvalue weighted by Gasteiger charge is 2.17. The number of hydrogen-bond acceptors (Lipinski definition) is 3. The van der Waals surface area contributed by atoms with Gasteiger partial charge in [-0.25, -0.2) is 8.78 Å². The Bertz CT molecular complexity index is 972. The van der Waals surface area contributed by atoms with Crippen molar-refractivity contribution >= 4 is 27.5 Å². The van der Waals surface area contributed by atoms with E-state index in [0.717, 1.165) is 22.3 Å². The molecule has 0 fully saturated rings. The van der Waals surface area contributed by atoms with E-state index < -0.39 is 23.1 Å². The second kappa shape index (κ2) is 6.52. The minimum Gasteiger partial charge on any atom is -0.494 e. The van der Waals surface area contributed by atoms with E-state index in [4.69, 9.17) is 4.74 Å². The van der Waals surface area contributed by atoms with Crippen molar-refractivity contribution in [2.75, 3.05) is 6.61 Å². The first kappa shape index (κ1) is 16.3. The minimum atomic E-state index is -0.946. The fourth-order valence-electron chi connectivity index (χ4n) is 2.32.